The van der Waals surface area contributed by atoms with E-state index in [1.807, 2.05) is 6.92 Å². The summed E-state index contributed by atoms with van der Waals surface area (Å²) in [7, 11) is -3.63. The number of nitrogen functional groups attached to an aromatic ring is 1. The Balaban J connectivity index is 2.14. The van der Waals surface area contributed by atoms with Gasteiger partial charge in [0.2, 0.25) is 10.0 Å². The Bertz CT molecular complexity index is 666. The summed E-state index contributed by atoms with van der Waals surface area (Å²) in [5.74, 6) is 0.702. The van der Waals surface area contributed by atoms with Crippen LogP contribution in [-0.4, -0.2) is 28.2 Å². The van der Waals surface area contributed by atoms with Crippen LogP contribution in [0.2, 0.25) is 0 Å². The standard InChI is InChI=1S/C10H14N6O2S/c1-2-16-7-13-15-10(16)6-14-19(17,18)8-3-4-12-9(11)5-8/h3-5,7,14H,2,6H2,1H3,(H2,11,12). The van der Waals surface area contributed by atoms with E-state index in [4.69, 9.17) is 5.73 Å². The van der Waals surface area contributed by atoms with Crippen molar-refractivity contribution >= 4 is 15.8 Å². The van der Waals surface area contributed by atoms with Gasteiger partial charge in [0.15, 0.2) is 0 Å². The molecular formula is C10H14N6O2S. The number of nitrogens with zero attached hydrogens (tertiary/aromatic N) is 4. The molecule has 19 heavy (non-hydrogen) atoms. The fourth-order valence-corrected chi connectivity index (χ4v) is 2.52. The van der Waals surface area contributed by atoms with Gasteiger partial charge in [-0.2, -0.15) is 0 Å². The van der Waals surface area contributed by atoms with Crippen LogP contribution in [0.5, 0.6) is 0 Å². The van der Waals surface area contributed by atoms with E-state index >= 15 is 0 Å². The van der Waals surface area contributed by atoms with Crippen molar-refractivity contribution in [2.75, 3.05) is 5.73 Å². The van der Waals surface area contributed by atoms with Crippen molar-refractivity contribution in [1.29, 1.82) is 0 Å². The lowest BCUT2D eigenvalue weighted by molar-refractivity contribution is 0.575. The van der Waals surface area contributed by atoms with Crippen LogP contribution >= 0.6 is 0 Å². The number of rotatable bonds is 5. The molecule has 3 N–H and O–H groups in total. The van der Waals surface area contributed by atoms with Crippen LogP contribution in [0.4, 0.5) is 5.82 Å². The van der Waals surface area contributed by atoms with Crippen LogP contribution in [0, 0.1) is 0 Å². The third-order valence-electron chi connectivity index (χ3n) is 2.52. The minimum Gasteiger partial charge on any atom is -0.384 e. The monoisotopic (exact) mass is 282 g/mol. The third-order valence-corrected chi connectivity index (χ3v) is 3.92. The average Bonchev–Trinajstić information content (AvgIpc) is 2.84. The molecular weight excluding hydrogens is 268 g/mol. The Morgan fingerprint density at radius 2 is 2.26 bits per heavy atom. The van der Waals surface area contributed by atoms with Crippen molar-refractivity contribution in [2.24, 2.45) is 0 Å². The Kier molecular flexibility index (Phi) is 3.76. The van der Waals surface area contributed by atoms with Crippen LogP contribution in [0.1, 0.15) is 12.7 Å². The van der Waals surface area contributed by atoms with E-state index < -0.39 is 10.0 Å². The van der Waals surface area contributed by atoms with Gasteiger partial charge < -0.3 is 10.3 Å². The minimum absolute atomic E-state index is 0.0679. The molecule has 0 aromatic carbocycles. The molecule has 0 saturated carbocycles. The van der Waals surface area contributed by atoms with Gasteiger partial charge in [-0.3, -0.25) is 0 Å². The van der Waals surface area contributed by atoms with E-state index in [9.17, 15) is 8.42 Å². The molecule has 0 aliphatic rings. The van der Waals surface area contributed by atoms with E-state index in [-0.39, 0.29) is 17.3 Å². The molecule has 0 atom stereocenters. The number of aromatic nitrogens is 4. The van der Waals surface area contributed by atoms with Crippen molar-refractivity contribution in [3.05, 3.63) is 30.5 Å². The number of hydrogen-bond acceptors (Lipinski definition) is 6. The van der Waals surface area contributed by atoms with Crippen LogP contribution in [0.25, 0.3) is 0 Å². The molecule has 2 rings (SSSR count). The first-order valence-electron chi connectivity index (χ1n) is 5.61. The Labute approximate surface area is 110 Å². The highest BCUT2D eigenvalue weighted by molar-refractivity contribution is 7.89. The molecule has 0 amide bonds. The molecule has 0 aliphatic carbocycles. The van der Waals surface area contributed by atoms with Crippen molar-refractivity contribution in [2.45, 2.75) is 24.9 Å². The quantitative estimate of drug-likeness (QED) is 0.781. The third kappa shape index (κ3) is 3.06. The molecule has 0 aliphatic heterocycles. The Morgan fingerprint density at radius 1 is 1.47 bits per heavy atom. The molecule has 2 heterocycles. The maximum atomic E-state index is 12.0. The molecule has 0 fully saturated rings. The normalized spacial score (nSPS) is 11.6. The predicted octanol–water partition coefficient (Wildman–Crippen LogP) is -0.246. The number of anilines is 1. The van der Waals surface area contributed by atoms with Crippen molar-refractivity contribution in [1.82, 2.24) is 24.5 Å². The molecule has 102 valence electrons. The topological polar surface area (TPSA) is 116 Å². The van der Waals surface area contributed by atoms with Gasteiger partial charge in [-0.05, 0) is 13.0 Å². The lowest BCUT2D eigenvalue weighted by Crippen LogP contribution is -2.25. The fourth-order valence-electron chi connectivity index (χ4n) is 1.52. The van der Waals surface area contributed by atoms with Crippen LogP contribution in [-0.2, 0) is 23.1 Å². The first kappa shape index (κ1) is 13.4. The molecule has 0 bridgehead atoms. The molecule has 0 unspecified atom stereocenters. The van der Waals surface area contributed by atoms with Crippen molar-refractivity contribution < 1.29 is 8.42 Å². The summed E-state index contributed by atoms with van der Waals surface area (Å²) in [5.41, 5.74) is 5.46. The lowest BCUT2D eigenvalue weighted by atomic mass is 10.5. The van der Waals surface area contributed by atoms with Crippen LogP contribution in [0.3, 0.4) is 0 Å². The summed E-state index contributed by atoms with van der Waals surface area (Å²) >= 11 is 0. The summed E-state index contributed by atoms with van der Waals surface area (Å²) in [6, 6.07) is 2.68. The molecule has 2 aromatic rings. The zero-order chi connectivity index (χ0) is 13.9. The Morgan fingerprint density at radius 3 is 2.95 bits per heavy atom. The maximum Gasteiger partial charge on any atom is 0.241 e. The number of pyridine rings is 1. The first-order chi connectivity index (χ1) is 9.03. The van der Waals surface area contributed by atoms with Gasteiger partial charge in [0.05, 0.1) is 11.4 Å². The zero-order valence-corrected chi connectivity index (χ0v) is 11.1. The summed E-state index contributed by atoms with van der Waals surface area (Å²) in [6.45, 7) is 2.66. The number of sulfonamides is 1. The van der Waals surface area contributed by atoms with E-state index in [1.165, 1.54) is 18.3 Å². The zero-order valence-electron chi connectivity index (χ0n) is 10.3. The molecule has 0 saturated heterocycles. The van der Waals surface area contributed by atoms with Crippen molar-refractivity contribution in [3.63, 3.8) is 0 Å². The molecule has 8 nitrogen and oxygen atoms in total. The van der Waals surface area contributed by atoms with Gasteiger partial charge in [-0.1, -0.05) is 0 Å². The minimum atomic E-state index is -3.63. The van der Waals surface area contributed by atoms with Crippen LogP contribution < -0.4 is 10.5 Å². The van der Waals surface area contributed by atoms with Gasteiger partial charge in [0.25, 0.3) is 0 Å². The first-order valence-corrected chi connectivity index (χ1v) is 7.09. The molecule has 9 heteroatoms. The highest BCUT2D eigenvalue weighted by atomic mass is 32.2. The second-order valence-electron chi connectivity index (χ2n) is 3.77. The highest BCUT2D eigenvalue weighted by Crippen LogP contribution is 2.10. The van der Waals surface area contributed by atoms with Crippen LogP contribution in [0.15, 0.2) is 29.6 Å². The second kappa shape index (κ2) is 5.33. The molecule has 0 radical (unpaired) electrons. The second-order valence-corrected chi connectivity index (χ2v) is 5.54. The number of hydrogen-bond donors (Lipinski definition) is 2. The summed E-state index contributed by atoms with van der Waals surface area (Å²) in [5, 5.41) is 7.58. The average molecular weight is 282 g/mol. The van der Waals surface area contributed by atoms with Gasteiger partial charge in [0.1, 0.15) is 18.0 Å². The van der Waals surface area contributed by atoms with E-state index in [2.05, 4.69) is 19.9 Å². The molecule has 0 spiro atoms. The highest BCUT2D eigenvalue weighted by Gasteiger charge is 2.15. The fraction of sp³-hybridized carbons (Fsp3) is 0.300. The largest absolute Gasteiger partial charge is 0.384 e. The van der Waals surface area contributed by atoms with Gasteiger partial charge in [0, 0.05) is 18.8 Å². The maximum absolute atomic E-state index is 12.0. The van der Waals surface area contributed by atoms with Gasteiger partial charge in [-0.25, -0.2) is 18.1 Å². The summed E-state index contributed by atoms with van der Waals surface area (Å²) in [4.78, 5) is 3.82. The van der Waals surface area contributed by atoms with E-state index in [1.54, 1.807) is 10.9 Å². The Hall–Kier alpha value is -2.00. The van der Waals surface area contributed by atoms with Gasteiger partial charge >= 0.3 is 0 Å². The number of aryl methyl sites for hydroxylation is 1. The number of nitrogens with two attached hydrogens (primary N) is 1. The summed E-state index contributed by atoms with van der Waals surface area (Å²) < 4.78 is 28.3. The lowest BCUT2D eigenvalue weighted by Gasteiger charge is -2.07. The number of nitrogens with one attached hydrogen (secondary N) is 1. The SMILES string of the molecule is CCn1cnnc1CNS(=O)(=O)c1ccnc(N)c1. The summed E-state index contributed by atoms with van der Waals surface area (Å²) in [6.07, 6.45) is 2.90. The van der Waals surface area contributed by atoms with Gasteiger partial charge in [-0.15, -0.1) is 10.2 Å². The van der Waals surface area contributed by atoms with Crippen molar-refractivity contribution in [3.8, 4) is 0 Å². The van der Waals surface area contributed by atoms with E-state index in [0.717, 1.165) is 0 Å². The smallest absolute Gasteiger partial charge is 0.241 e. The predicted molar refractivity (Wildman–Crippen MR) is 68.4 cm³/mol. The molecule has 2 aromatic heterocycles. The van der Waals surface area contributed by atoms with E-state index in [0.29, 0.717) is 12.4 Å².